The lowest BCUT2D eigenvalue weighted by molar-refractivity contribution is 0.135. The van der Waals surface area contributed by atoms with E-state index in [0.717, 1.165) is 25.3 Å². The lowest BCUT2D eigenvalue weighted by atomic mass is 10.2. The largest absolute Gasteiger partial charge is 0.390 e. The molecule has 2 rings (SSSR count). The van der Waals surface area contributed by atoms with E-state index in [1.807, 2.05) is 14.1 Å². The molecule has 0 amide bonds. The third-order valence-corrected chi connectivity index (χ3v) is 3.59. The minimum absolute atomic E-state index is 0.299. The van der Waals surface area contributed by atoms with E-state index in [4.69, 9.17) is 0 Å². The van der Waals surface area contributed by atoms with Crippen molar-refractivity contribution >= 4 is 11.4 Å². The van der Waals surface area contributed by atoms with Crippen molar-refractivity contribution < 1.29 is 5.11 Å². The van der Waals surface area contributed by atoms with Gasteiger partial charge in [-0.3, -0.25) is 0 Å². The maximum absolute atomic E-state index is 10.0. The topological polar surface area (TPSA) is 38.7 Å². The van der Waals surface area contributed by atoms with Gasteiger partial charge < -0.3 is 20.2 Å². The predicted molar refractivity (Wildman–Crippen MR) is 80.9 cm³/mol. The van der Waals surface area contributed by atoms with Crippen LogP contribution in [-0.4, -0.2) is 56.4 Å². The Balaban J connectivity index is 1.74. The van der Waals surface area contributed by atoms with Crippen LogP contribution in [0.4, 0.5) is 11.4 Å². The van der Waals surface area contributed by atoms with Gasteiger partial charge in [0.25, 0.3) is 0 Å². The molecule has 1 atom stereocenters. The van der Waals surface area contributed by atoms with Crippen LogP contribution in [0.2, 0.25) is 0 Å². The number of aliphatic hydroxyl groups is 1. The summed E-state index contributed by atoms with van der Waals surface area (Å²) < 4.78 is 0. The van der Waals surface area contributed by atoms with Crippen molar-refractivity contribution in [1.82, 2.24) is 4.90 Å². The van der Waals surface area contributed by atoms with Crippen molar-refractivity contribution in [3.63, 3.8) is 0 Å². The number of nitrogens with one attached hydrogen (secondary N) is 1. The van der Waals surface area contributed by atoms with Crippen LogP contribution in [0.25, 0.3) is 0 Å². The number of likely N-dealkylation sites (tertiary alicyclic amines) is 1. The molecule has 106 valence electrons. The summed E-state index contributed by atoms with van der Waals surface area (Å²) in [4.78, 5) is 4.41. The first-order valence-corrected chi connectivity index (χ1v) is 7.07. The van der Waals surface area contributed by atoms with E-state index in [-0.39, 0.29) is 6.10 Å². The molecule has 2 N–H and O–H groups in total. The number of β-amino-alcohol motifs (C(OH)–C–C–N with tert-alkyl or cyclic N) is 1. The predicted octanol–water partition coefficient (Wildman–Crippen LogP) is 1.62. The van der Waals surface area contributed by atoms with Gasteiger partial charge in [-0.1, -0.05) is 0 Å². The molecule has 4 nitrogen and oxygen atoms in total. The Morgan fingerprint density at radius 2 is 1.84 bits per heavy atom. The molecule has 1 unspecified atom stereocenters. The van der Waals surface area contributed by atoms with Crippen LogP contribution in [0.1, 0.15) is 12.8 Å². The molecule has 19 heavy (non-hydrogen) atoms. The molecule has 1 aliphatic rings. The van der Waals surface area contributed by atoms with Crippen LogP contribution in [0.5, 0.6) is 0 Å². The average Bonchev–Trinajstić information content (AvgIpc) is 2.89. The summed E-state index contributed by atoms with van der Waals surface area (Å²) in [6.45, 7) is 3.66. The molecule has 1 aliphatic heterocycles. The number of nitrogens with zero attached hydrogens (tertiary/aromatic N) is 2. The maximum Gasteiger partial charge on any atom is 0.0839 e. The van der Waals surface area contributed by atoms with Crippen molar-refractivity contribution in [1.29, 1.82) is 0 Å². The molecule has 0 bridgehead atoms. The first-order chi connectivity index (χ1) is 9.15. The van der Waals surface area contributed by atoms with E-state index in [1.165, 1.54) is 18.5 Å². The zero-order chi connectivity index (χ0) is 13.7. The first kappa shape index (κ1) is 14.2. The zero-order valence-electron chi connectivity index (χ0n) is 12.0. The SMILES string of the molecule is CN(C)c1ccc(NCC(O)CN2CCCC2)cc1. The van der Waals surface area contributed by atoms with Gasteiger partial charge in [-0.15, -0.1) is 0 Å². The summed E-state index contributed by atoms with van der Waals surface area (Å²) in [5.41, 5.74) is 2.24. The highest BCUT2D eigenvalue weighted by atomic mass is 16.3. The average molecular weight is 263 g/mol. The molecule has 0 aliphatic carbocycles. The van der Waals surface area contributed by atoms with E-state index in [1.54, 1.807) is 0 Å². The first-order valence-electron chi connectivity index (χ1n) is 7.07. The third-order valence-electron chi connectivity index (χ3n) is 3.59. The third kappa shape index (κ3) is 4.40. The fraction of sp³-hybridized carbons (Fsp3) is 0.600. The standard InChI is InChI=1S/C15H25N3O/c1-17(2)14-7-5-13(6-8-14)16-11-15(19)12-18-9-3-4-10-18/h5-8,15-16,19H,3-4,9-12H2,1-2H3. The van der Waals surface area contributed by atoms with Crippen molar-refractivity contribution in [3.8, 4) is 0 Å². The Kier molecular flexibility index (Phi) is 5.05. The molecule has 0 saturated carbocycles. The summed E-state index contributed by atoms with van der Waals surface area (Å²) in [7, 11) is 4.06. The van der Waals surface area contributed by atoms with E-state index in [0.29, 0.717) is 6.54 Å². The summed E-state index contributed by atoms with van der Waals surface area (Å²) in [6, 6.07) is 8.26. The van der Waals surface area contributed by atoms with Gasteiger partial charge >= 0.3 is 0 Å². The van der Waals surface area contributed by atoms with Gasteiger partial charge in [0, 0.05) is 38.6 Å². The second-order valence-corrected chi connectivity index (χ2v) is 5.48. The summed E-state index contributed by atoms with van der Waals surface area (Å²) >= 11 is 0. The Morgan fingerprint density at radius 3 is 2.42 bits per heavy atom. The number of aliphatic hydroxyl groups excluding tert-OH is 1. The molecule has 1 aromatic carbocycles. The Labute approximate surface area is 116 Å². The molecule has 0 radical (unpaired) electrons. The summed E-state index contributed by atoms with van der Waals surface area (Å²) in [5.74, 6) is 0. The Morgan fingerprint density at radius 1 is 1.21 bits per heavy atom. The smallest absolute Gasteiger partial charge is 0.0839 e. The molecular weight excluding hydrogens is 238 g/mol. The van der Waals surface area contributed by atoms with Crippen molar-refractivity contribution in [3.05, 3.63) is 24.3 Å². The summed E-state index contributed by atoms with van der Waals surface area (Å²) in [5, 5.41) is 13.3. The quantitative estimate of drug-likeness (QED) is 0.818. The Hall–Kier alpha value is -1.26. The second-order valence-electron chi connectivity index (χ2n) is 5.48. The lowest BCUT2D eigenvalue weighted by Gasteiger charge is -2.20. The van der Waals surface area contributed by atoms with E-state index >= 15 is 0 Å². The monoisotopic (exact) mass is 263 g/mol. The van der Waals surface area contributed by atoms with Crippen LogP contribution in [-0.2, 0) is 0 Å². The van der Waals surface area contributed by atoms with E-state index in [2.05, 4.69) is 39.4 Å². The van der Waals surface area contributed by atoms with E-state index < -0.39 is 0 Å². The minimum atomic E-state index is -0.299. The highest BCUT2D eigenvalue weighted by Gasteiger charge is 2.15. The van der Waals surface area contributed by atoms with Gasteiger partial charge in [-0.05, 0) is 50.2 Å². The van der Waals surface area contributed by atoms with Gasteiger partial charge in [-0.25, -0.2) is 0 Å². The molecular formula is C15H25N3O. The van der Waals surface area contributed by atoms with Crippen molar-refractivity contribution in [2.75, 3.05) is 50.5 Å². The Bertz CT molecular complexity index is 371. The van der Waals surface area contributed by atoms with Gasteiger partial charge in [-0.2, -0.15) is 0 Å². The van der Waals surface area contributed by atoms with Gasteiger partial charge in [0.05, 0.1) is 6.10 Å². The van der Waals surface area contributed by atoms with Crippen LogP contribution >= 0.6 is 0 Å². The number of hydrogen-bond donors (Lipinski definition) is 2. The minimum Gasteiger partial charge on any atom is -0.390 e. The highest BCUT2D eigenvalue weighted by Crippen LogP contribution is 2.15. The van der Waals surface area contributed by atoms with Crippen LogP contribution in [0, 0.1) is 0 Å². The van der Waals surface area contributed by atoms with Gasteiger partial charge in [0.2, 0.25) is 0 Å². The molecule has 1 fully saturated rings. The van der Waals surface area contributed by atoms with Gasteiger partial charge in [0.1, 0.15) is 0 Å². The second kappa shape index (κ2) is 6.78. The van der Waals surface area contributed by atoms with Gasteiger partial charge in [0.15, 0.2) is 0 Å². The zero-order valence-corrected chi connectivity index (χ0v) is 12.0. The molecule has 0 aromatic heterocycles. The molecule has 1 heterocycles. The molecule has 4 heteroatoms. The number of anilines is 2. The lowest BCUT2D eigenvalue weighted by Crippen LogP contribution is -2.34. The highest BCUT2D eigenvalue weighted by molar-refractivity contribution is 5.54. The molecule has 1 aromatic rings. The number of hydrogen-bond acceptors (Lipinski definition) is 4. The molecule has 0 spiro atoms. The number of benzene rings is 1. The van der Waals surface area contributed by atoms with E-state index in [9.17, 15) is 5.11 Å². The normalized spacial score (nSPS) is 17.4. The maximum atomic E-state index is 10.0. The van der Waals surface area contributed by atoms with Crippen molar-refractivity contribution in [2.24, 2.45) is 0 Å². The fourth-order valence-corrected chi connectivity index (χ4v) is 2.44. The molecule has 1 saturated heterocycles. The fourth-order valence-electron chi connectivity index (χ4n) is 2.44. The van der Waals surface area contributed by atoms with Crippen LogP contribution in [0.15, 0.2) is 24.3 Å². The van der Waals surface area contributed by atoms with Crippen molar-refractivity contribution in [2.45, 2.75) is 18.9 Å². The summed E-state index contributed by atoms with van der Waals surface area (Å²) in [6.07, 6.45) is 2.24. The number of rotatable bonds is 6. The van der Waals surface area contributed by atoms with Crippen LogP contribution < -0.4 is 10.2 Å². The van der Waals surface area contributed by atoms with Crippen LogP contribution in [0.3, 0.4) is 0 Å².